The molecule has 2 aromatic heterocycles. The van der Waals surface area contributed by atoms with E-state index in [0.717, 1.165) is 10.0 Å². The number of carbonyl (C=O) groups is 1. The van der Waals surface area contributed by atoms with Crippen molar-refractivity contribution in [3.8, 4) is 11.3 Å². The molecular weight excluding hydrogens is 446 g/mol. The molecule has 4 aromatic rings. The van der Waals surface area contributed by atoms with E-state index in [9.17, 15) is 9.59 Å². The van der Waals surface area contributed by atoms with Gasteiger partial charge in [-0.15, -0.1) is 0 Å². The van der Waals surface area contributed by atoms with Crippen molar-refractivity contribution in [2.45, 2.75) is 6.61 Å². The number of nitrogens with one attached hydrogen (secondary N) is 1. The molecule has 28 heavy (non-hydrogen) atoms. The largest absolute Gasteiger partial charge is 0.456 e. The van der Waals surface area contributed by atoms with Gasteiger partial charge in [0.25, 0.3) is 5.56 Å². The van der Waals surface area contributed by atoms with Crippen LogP contribution in [0.5, 0.6) is 0 Å². The second-order valence-corrected chi connectivity index (χ2v) is 7.23. The lowest BCUT2D eigenvalue weighted by atomic mass is 10.1. The van der Waals surface area contributed by atoms with Gasteiger partial charge < -0.3 is 4.74 Å². The first-order chi connectivity index (χ1) is 13.5. The number of ether oxygens (including phenoxy) is 1. The molecule has 0 aliphatic carbocycles. The molecule has 1 N–H and O–H groups in total. The van der Waals surface area contributed by atoms with Crippen LogP contribution in [0.4, 0.5) is 0 Å². The summed E-state index contributed by atoms with van der Waals surface area (Å²) in [5.41, 5.74) is 2.15. The van der Waals surface area contributed by atoms with Gasteiger partial charge in [-0.2, -0.15) is 0 Å². The van der Waals surface area contributed by atoms with E-state index in [1.54, 1.807) is 18.2 Å². The summed E-state index contributed by atoms with van der Waals surface area (Å²) in [6, 6.07) is 17.6. The van der Waals surface area contributed by atoms with Crippen LogP contribution in [-0.2, 0) is 11.3 Å². The van der Waals surface area contributed by atoms with Gasteiger partial charge in [-0.3, -0.25) is 9.89 Å². The maximum absolute atomic E-state index is 12.4. The van der Waals surface area contributed by atoms with Crippen LogP contribution in [0.2, 0.25) is 5.02 Å². The van der Waals surface area contributed by atoms with Gasteiger partial charge >= 0.3 is 5.97 Å². The summed E-state index contributed by atoms with van der Waals surface area (Å²) in [6.07, 6.45) is 0. The molecule has 0 fully saturated rings. The second-order valence-electron chi connectivity index (χ2n) is 6.00. The van der Waals surface area contributed by atoms with Gasteiger partial charge in [-0.05, 0) is 22.0 Å². The predicted octanol–water partition coefficient (Wildman–Crippen LogP) is 4.46. The number of rotatable bonds is 4. The predicted molar refractivity (Wildman–Crippen MR) is 110 cm³/mol. The summed E-state index contributed by atoms with van der Waals surface area (Å²) in [6.45, 7) is 0.00403. The van der Waals surface area contributed by atoms with Gasteiger partial charge in [0.05, 0.1) is 10.7 Å². The highest BCUT2D eigenvalue weighted by Gasteiger charge is 2.15. The molecule has 6 nitrogen and oxygen atoms in total. The van der Waals surface area contributed by atoms with Gasteiger partial charge in [-0.25, -0.2) is 14.3 Å². The molecule has 0 atom stereocenters. The smallest absolute Gasteiger partial charge is 0.356 e. The fourth-order valence-corrected chi connectivity index (χ4v) is 3.32. The van der Waals surface area contributed by atoms with Gasteiger partial charge in [0, 0.05) is 27.7 Å². The van der Waals surface area contributed by atoms with Gasteiger partial charge in [0.1, 0.15) is 12.3 Å². The number of halogens is 2. The fraction of sp³-hybridized carbons (Fsp3) is 0.0500. The number of hydrogen-bond acceptors (Lipinski definition) is 4. The minimum absolute atomic E-state index is 0.00403. The Hall–Kier alpha value is -2.90. The molecule has 0 amide bonds. The normalized spacial score (nSPS) is 10.9. The zero-order chi connectivity index (χ0) is 19.7. The molecule has 0 bridgehead atoms. The molecule has 0 aliphatic rings. The molecule has 8 heteroatoms. The Morgan fingerprint density at radius 1 is 1.14 bits per heavy atom. The maximum atomic E-state index is 12.4. The first-order valence-corrected chi connectivity index (χ1v) is 9.48. The maximum Gasteiger partial charge on any atom is 0.356 e. The number of nitrogens with zero attached hydrogens (tertiary/aromatic N) is 2. The number of hydrogen-bond donors (Lipinski definition) is 1. The van der Waals surface area contributed by atoms with E-state index in [1.165, 1.54) is 16.6 Å². The van der Waals surface area contributed by atoms with Crippen LogP contribution in [0.25, 0.3) is 16.9 Å². The van der Waals surface area contributed by atoms with Crippen LogP contribution in [-0.4, -0.2) is 20.6 Å². The van der Waals surface area contributed by atoms with Crippen molar-refractivity contribution in [1.29, 1.82) is 0 Å². The van der Waals surface area contributed by atoms with Crippen LogP contribution in [0.1, 0.15) is 16.1 Å². The molecule has 4 rings (SSSR count). The van der Waals surface area contributed by atoms with Crippen LogP contribution in [0.15, 0.2) is 69.9 Å². The zero-order valence-electron chi connectivity index (χ0n) is 14.4. The average Bonchev–Trinajstić information content (AvgIpc) is 3.14. The summed E-state index contributed by atoms with van der Waals surface area (Å²) in [7, 11) is 0. The van der Waals surface area contributed by atoms with Gasteiger partial charge in [0.2, 0.25) is 0 Å². The van der Waals surface area contributed by atoms with Crippen molar-refractivity contribution >= 4 is 39.1 Å². The lowest BCUT2D eigenvalue weighted by Gasteiger charge is -2.06. The molecule has 0 unspecified atom stereocenters. The standard InChI is InChI=1S/C20H13BrClN3O3/c21-14-8-4-7-13(19(14)22)11-28-20(27)16-9-17-23-15(10-18(26)25(17)24-16)12-5-2-1-3-6-12/h1-10,24H,11H2. The summed E-state index contributed by atoms with van der Waals surface area (Å²) < 4.78 is 7.24. The molecule has 2 heterocycles. The van der Waals surface area contributed by atoms with E-state index in [1.807, 2.05) is 30.3 Å². The summed E-state index contributed by atoms with van der Waals surface area (Å²) in [5, 5.41) is 3.21. The summed E-state index contributed by atoms with van der Waals surface area (Å²) in [4.78, 5) is 29.2. The van der Waals surface area contributed by atoms with Crippen LogP contribution < -0.4 is 5.56 Å². The highest BCUT2D eigenvalue weighted by Crippen LogP contribution is 2.26. The van der Waals surface area contributed by atoms with Crippen molar-refractivity contribution in [3.05, 3.63) is 91.8 Å². The SMILES string of the molecule is O=C(OCc1cccc(Br)c1Cl)c1cc2nc(-c3ccccc3)cc(=O)n2[nH]1. The Bertz CT molecular complexity index is 1230. The molecule has 140 valence electrons. The Labute approximate surface area is 172 Å². The molecular formula is C20H13BrClN3O3. The number of esters is 1. The molecule has 0 radical (unpaired) electrons. The van der Waals surface area contributed by atoms with E-state index in [4.69, 9.17) is 16.3 Å². The molecule has 0 aliphatic heterocycles. The third kappa shape index (κ3) is 3.58. The van der Waals surface area contributed by atoms with E-state index >= 15 is 0 Å². The van der Waals surface area contributed by atoms with Crippen molar-refractivity contribution in [2.75, 3.05) is 0 Å². The molecule has 0 saturated carbocycles. The van der Waals surface area contributed by atoms with Crippen molar-refractivity contribution in [1.82, 2.24) is 14.6 Å². The second kappa shape index (κ2) is 7.61. The summed E-state index contributed by atoms with van der Waals surface area (Å²) >= 11 is 9.51. The highest BCUT2D eigenvalue weighted by molar-refractivity contribution is 9.10. The molecule has 0 saturated heterocycles. The number of H-pyrrole nitrogens is 1. The van der Waals surface area contributed by atoms with E-state index in [2.05, 4.69) is 26.0 Å². The minimum Gasteiger partial charge on any atom is -0.456 e. The first-order valence-electron chi connectivity index (χ1n) is 8.31. The van der Waals surface area contributed by atoms with Gasteiger partial charge in [-0.1, -0.05) is 54.1 Å². The monoisotopic (exact) mass is 457 g/mol. The number of carbonyl (C=O) groups excluding carboxylic acids is 1. The van der Waals surface area contributed by atoms with Gasteiger partial charge in [0.15, 0.2) is 5.65 Å². The third-order valence-corrected chi connectivity index (χ3v) is 5.47. The Kier molecular flexibility index (Phi) is 5.02. The zero-order valence-corrected chi connectivity index (χ0v) is 16.7. The summed E-state index contributed by atoms with van der Waals surface area (Å²) in [5.74, 6) is -0.609. The van der Waals surface area contributed by atoms with Crippen molar-refractivity contribution in [3.63, 3.8) is 0 Å². The van der Waals surface area contributed by atoms with Crippen molar-refractivity contribution < 1.29 is 9.53 Å². The average molecular weight is 459 g/mol. The Morgan fingerprint density at radius 3 is 2.71 bits per heavy atom. The fourth-order valence-electron chi connectivity index (χ4n) is 2.73. The quantitative estimate of drug-likeness (QED) is 0.458. The Morgan fingerprint density at radius 2 is 1.93 bits per heavy atom. The topological polar surface area (TPSA) is 76.5 Å². The van der Waals surface area contributed by atoms with Crippen LogP contribution in [0.3, 0.4) is 0 Å². The number of aromatic amines is 1. The van der Waals surface area contributed by atoms with E-state index < -0.39 is 5.97 Å². The highest BCUT2D eigenvalue weighted by atomic mass is 79.9. The van der Waals surface area contributed by atoms with Crippen LogP contribution in [0, 0.1) is 0 Å². The molecule has 0 spiro atoms. The van der Waals surface area contributed by atoms with Crippen LogP contribution >= 0.6 is 27.5 Å². The lowest BCUT2D eigenvalue weighted by Crippen LogP contribution is -2.15. The lowest BCUT2D eigenvalue weighted by molar-refractivity contribution is 0.0465. The third-order valence-electron chi connectivity index (χ3n) is 4.13. The number of fused-ring (bicyclic) bond motifs is 1. The minimum atomic E-state index is -0.609. The number of benzene rings is 2. The van der Waals surface area contributed by atoms with Crippen molar-refractivity contribution in [2.24, 2.45) is 0 Å². The van der Waals surface area contributed by atoms with E-state index in [-0.39, 0.29) is 17.9 Å². The number of aromatic nitrogens is 3. The molecule has 2 aromatic carbocycles. The van der Waals surface area contributed by atoms with E-state index in [0.29, 0.717) is 21.9 Å². The Balaban J connectivity index is 1.60. The first kappa shape index (κ1) is 18.5.